The van der Waals surface area contributed by atoms with Gasteiger partial charge in [-0.2, -0.15) is 0 Å². The van der Waals surface area contributed by atoms with Crippen molar-refractivity contribution in [2.45, 2.75) is 50.0 Å². The van der Waals surface area contributed by atoms with Crippen molar-refractivity contribution < 1.29 is 29.6 Å². The summed E-state index contributed by atoms with van der Waals surface area (Å²) in [5.41, 5.74) is 15.0. The Hall–Kier alpha value is -3.16. The van der Waals surface area contributed by atoms with E-state index in [4.69, 9.17) is 25.8 Å². The Labute approximate surface area is 221 Å². The van der Waals surface area contributed by atoms with Crippen molar-refractivity contribution in [3.05, 3.63) is 23.1 Å². The topological polar surface area (TPSA) is 227 Å². The van der Waals surface area contributed by atoms with Gasteiger partial charge in [0.1, 0.15) is 36.1 Å². The van der Waals surface area contributed by atoms with Crippen molar-refractivity contribution in [2.75, 3.05) is 42.3 Å². The first-order valence-corrected chi connectivity index (χ1v) is 13.7. The molecule has 0 bridgehead atoms. The lowest BCUT2D eigenvalue weighted by atomic mass is 10.1. The van der Waals surface area contributed by atoms with Crippen LogP contribution in [-0.4, -0.2) is 103 Å². The molecule has 1 aliphatic heterocycles. The highest BCUT2D eigenvalue weighted by Gasteiger charge is 2.47. The molecule has 1 saturated heterocycles. The highest BCUT2D eigenvalue weighted by molar-refractivity contribution is 7.97. The van der Waals surface area contributed by atoms with E-state index in [-0.39, 0.29) is 13.2 Å². The molecule has 0 aromatic carbocycles. The molecule has 15 nitrogen and oxygen atoms in total. The summed E-state index contributed by atoms with van der Waals surface area (Å²) in [6, 6.07) is 0. The van der Waals surface area contributed by atoms with Crippen LogP contribution < -0.4 is 11.1 Å². The molecule has 2 unspecified atom stereocenters. The number of aromatic nitrogens is 4. The van der Waals surface area contributed by atoms with Crippen molar-refractivity contribution in [3.8, 4) is 11.8 Å². The second-order valence-electron chi connectivity index (χ2n) is 8.34. The van der Waals surface area contributed by atoms with Crippen LogP contribution in [0.4, 0.5) is 5.82 Å². The molecule has 2 aromatic heterocycles. The van der Waals surface area contributed by atoms with E-state index in [1.807, 2.05) is 0 Å². The minimum atomic E-state index is -1.24. The Balaban J connectivity index is 1.70. The molecule has 0 aliphatic carbocycles. The summed E-state index contributed by atoms with van der Waals surface area (Å²) in [6.45, 7) is 0.880. The van der Waals surface area contributed by atoms with Crippen LogP contribution in [0.15, 0.2) is 17.8 Å². The normalized spacial score (nSPS) is 22.2. The van der Waals surface area contributed by atoms with Gasteiger partial charge in [0.15, 0.2) is 35.2 Å². The van der Waals surface area contributed by atoms with Crippen molar-refractivity contribution in [3.63, 3.8) is 0 Å². The zero-order chi connectivity index (χ0) is 27.3. The first-order valence-electron chi connectivity index (χ1n) is 12.0. The minimum absolute atomic E-state index is 0.0846. The molecule has 0 radical (unpaired) electrons. The van der Waals surface area contributed by atoms with E-state index in [9.17, 15) is 15.0 Å². The van der Waals surface area contributed by atoms with Crippen LogP contribution in [0.1, 0.15) is 25.5 Å². The molecular weight excluding hydrogens is 518 g/mol. The molecule has 3 rings (SSSR count). The van der Waals surface area contributed by atoms with E-state index in [1.54, 1.807) is 4.57 Å². The van der Waals surface area contributed by atoms with Crippen molar-refractivity contribution in [1.82, 2.24) is 19.5 Å². The van der Waals surface area contributed by atoms with Crippen LogP contribution in [0.3, 0.4) is 0 Å². The van der Waals surface area contributed by atoms with Crippen LogP contribution in [0, 0.1) is 11.8 Å². The summed E-state index contributed by atoms with van der Waals surface area (Å²) in [5, 5.41) is 37.2. The molecule has 1 aliphatic rings. The van der Waals surface area contributed by atoms with Gasteiger partial charge in [-0.15, -0.1) is 0 Å². The van der Waals surface area contributed by atoms with Gasteiger partial charge in [0.25, 0.3) is 6.47 Å². The monoisotopic (exact) mass is 550 g/mol. The number of carbonyl (C=O) groups is 1. The number of hydrogen-bond acceptors (Lipinski definition) is 12. The highest BCUT2D eigenvalue weighted by atomic mass is 32.2. The summed E-state index contributed by atoms with van der Waals surface area (Å²) < 4.78 is 12.4. The quantitative estimate of drug-likeness (QED) is 0.0275. The summed E-state index contributed by atoms with van der Waals surface area (Å²) in [6.07, 6.45) is -0.346. The third-order valence-electron chi connectivity index (χ3n) is 5.72. The smallest absolute Gasteiger partial charge is 0.294 e. The number of nitrogens with zero attached hydrogens (tertiary/aromatic N) is 7. The third-order valence-corrected chi connectivity index (χ3v) is 7.89. The number of anilines is 1. The van der Waals surface area contributed by atoms with Crippen LogP contribution in [0.2, 0.25) is 0 Å². The van der Waals surface area contributed by atoms with Crippen LogP contribution in [-0.2, 0) is 25.2 Å². The summed E-state index contributed by atoms with van der Waals surface area (Å²) in [5.74, 6) is 8.10. The molecule has 6 atom stereocenters. The predicted molar refractivity (Wildman–Crippen MR) is 140 cm³/mol. The SMILES string of the molecule is [N-]=[N+]=NCCCC#CC[S+](CC[C@H](N)OC=O)C[C@H]1O[C@@H](n2cnc3c(NCCO)ncnc32)[C@@H](O)C1O. The summed E-state index contributed by atoms with van der Waals surface area (Å²) >= 11 is 0. The molecular formula is C22H32N9O6S+. The van der Waals surface area contributed by atoms with Gasteiger partial charge in [-0.25, -0.2) is 15.0 Å². The maximum Gasteiger partial charge on any atom is 0.294 e. The number of imidazole rings is 1. The lowest BCUT2D eigenvalue weighted by molar-refractivity contribution is -0.133. The Morgan fingerprint density at radius 3 is 2.97 bits per heavy atom. The standard InChI is InChI=1S/C22H32N9O6S/c23-16(36-14-33)5-10-38(9-4-2-1-3-6-29-30-24)11-15-18(34)19(35)22(37-15)31-13-28-17-20(25-7-8-32)26-12-27-21(17)31/h12-16,18-19,22,32,34-35H,1,3,5-11,23H2,(H,25,26,27)/q+1/t15-,16-,18?,19+,22-,38?/m1/s1. The summed E-state index contributed by atoms with van der Waals surface area (Å²) in [7, 11) is -0.391. The van der Waals surface area contributed by atoms with Gasteiger partial charge in [-0.3, -0.25) is 15.1 Å². The molecule has 38 heavy (non-hydrogen) atoms. The van der Waals surface area contributed by atoms with Gasteiger partial charge in [-0.1, -0.05) is 11.0 Å². The van der Waals surface area contributed by atoms with Gasteiger partial charge in [0.2, 0.25) is 0 Å². The first kappa shape index (κ1) is 29.4. The number of ether oxygens (including phenoxy) is 2. The average Bonchev–Trinajstić information content (AvgIpc) is 3.46. The molecule has 3 heterocycles. The van der Waals surface area contributed by atoms with E-state index in [0.29, 0.717) is 66.5 Å². The molecule has 2 aromatic rings. The lowest BCUT2D eigenvalue weighted by Crippen LogP contribution is -2.37. The number of rotatable bonds is 15. The molecule has 0 spiro atoms. The van der Waals surface area contributed by atoms with Crippen LogP contribution in [0.5, 0.6) is 0 Å². The van der Waals surface area contributed by atoms with Crippen LogP contribution in [0.25, 0.3) is 21.6 Å². The fraction of sp³-hybridized carbons (Fsp3) is 0.636. The molecule has 206 valence electrons. The van der Waals surface area contributed by atoms with E-state index in [0.717, 1.165) is 0 Å². The number of azide groups is 1. The number of aliphatic hydroxyl groups is 3. The molecule has 16 heteroatoms. The maximum absolute atomic E-state index is 10.8. The highest BCUT2D eigenvalue weighted by Crippen LogP contribution is 2.33. The Bertz CT molecular complexity index is 1150. The second-order valence-corrected chi connectivity index (χ2v) is 10.6. The van der Waals surface area contributed by atoms with E-state index < -0.39 is 41.7 Å². The van der Waals surface area contributed by atoms with Gasteiger partial charge in [0, 0.05) is 41.7 Å². The Kier molecular flexibility index (Phi) is 11.8. The minimum Gasteiger partial charge on any atom is -0.449 e. The van der Waals surface area contributed by atoms with Crippen LogP contribution >= 0.6 is 0 Å². The average molecular weight is 551 g/mol. The van der Waals surface area contributed by atoms with Gasteiger partial charge in [-0.05, 0) is 17.9 Å². The van der Waals surface area contributed by atoms with Crippen molar-refractivity contribution in [2.24, 2.45) is 10.8 Å². The van der Waals surface area contributed by atoms with Gasteiger partial charge < -0.3 is 30.1 Å². The van der Waals surface area contributed by atoms with Gasteiger partial charge >= 0.3 is 0 Å². The zero-order valence-electron chi connectivity index (χ0n) is 20.7. The van der Waals surface area contributed by atoms with Crippen molar-refractivity contribution in [1.29, 1.82) is 0 Å². The zero-order valence-corrected chi connectivity index (χ0v) is 21.5. The van der Waals surface area contributed by atoms with E-state index in [2.05, 4.69) is 42.1 Å². The molecule has 6 N–H and O–H groups in total. The number of carbonyl (C=O) groups excluding carboxylic acids is 1. The molecule has 0 amide bonds. The predicted octanol–water partition coefficient (Wildman–Crippen LogP) is -0.590. The van der Waals surface area contributed by atoms with Gasteiger partial charge in [0.05, 0.1) is 12.9 Å². The number of hydrogen-bond donors (Lipinski definition) is 5. The van der Waals surface area contributed by atoms with E-state index in [1.165, 1.54) is 12.7 Å². The Morgan fingerprint density at radius 2 is 2.21 bits per heavy atom. The van der Waals surface area contributed by atoms with E-state index >= 15 is 0 Å². The number of unbranched alkanes of at least 4 members (excludes halogenated alkanes) is 1. The first-order chi connectivity index (χ1) is 18.5. The number of nitrogens with one attached hydrogen (secondary N) is 1. The lowest BCUT2D eigenvalue weighted by Gasteiger charge is -2.17. The molecule has 1 fully saturated rings. The number of nitrogens with two attached hydrogens (primary N) is 1. The second kappa shape index (κ2) is 15.3. The third kappa shape index (κ3) is 7.92. The fourth-order valence-electron chi connectivity index (χ4n) is 3.83. The van der Waals surface area contributed by atoms with Crippen molar-refractivity contribution >= 4 is 34.3 Å². The maximum atomic E-state index is 10.8. The molecule has 0 saturated carbocycles. The summed E-state index contributed by atoms with van der Waals surface area (Å²) in [4.78, 5) is 26.0. The number of fused-ring (bicyclic) bond motifs is 1. The fourth-order valence-corrected chi connectivity index (χ4v) is 5.87. The number of aliphatic hydroxyl groups excluding tert-OH is 3. The largest absolute Gasteiger partial charge is 0.449 e. The Morgan fingerprint density at radius 1 is 1.37 bits per heavy atom.